The molecule has 0 radical (unpaired) electrons. The third-order valence-corrected chi connectivity index (χ3v) is 4.44. The van der Waals surface area contributed by atoms with E-state index in [2.05, 4.69) is 22.6 Å². The van der Waals surface area contributed by atoms with Crippen molar-refractivity contribution in [3.8, 4) is 0 Å². The minimum absolute atomic E-state index is 0.129. The minimum atomic E-state index is -0.757. The van der Waals surface area contributed by atoms with E-state index < -0.39 is 6.10 Å². The number of carbonyl (C=O) groups is 1. The van der Waals surface area contributed by atoms with Crippen LogP contribution in [0.3, 0.4) is 0 Å². The molecule has 25 heavy (non-hydrogen) atoms. The summed E-state index contributed by atoms with van der Waals surface area (Å²) in [6.45, 7) is 1.41. The van der Waals surface area contributed by atoms with Gasteiger partial charge in [-0.2, -0.15) is 0 Å². The van der Waals surface area contributed by atoms with Crippen LogP contribution in [0.25, 0.3) is 0 Å². The Bertz CT molecular complexity index is 749. The van der Waals surface area contributed by atoms with E-state index >= 15 is 0 Å². The van der Waals surface area contributed by atoms with Crippen LogP contribution in [0.1, 0.15) is 22.8 Å². The van der Waals surface area contributed by atoms with E-state index in [1.807, 2.05) is 18.2 Å². The third-order valence-electron chi connectivity index (χ3n) is 4.44. The largest absolute Gasteiger partial charge is 0.387 e. The Morgan fingerprint density at radius 1 is 1.24 bits per heavy atom. The van der Waals surface area contributed by atoms with Crippen LogP contribution in [0, 0.1) is 5.82 Å². The van der Waals surface area contributed by atoms with Gasteiger partial charge >= 0.3 is 6.03 Å². The molecule has 5 nitrogen and oxygen atoms in total. The molecule has 0 bridgehead atoms. The number of benzene rings is 2. The van der Waals surface area contributed by atoms with Crippen LogP contribution in [0.2, 0.25) is 0 Å². The number of rotatable bonds is 5. The smallest absolute Gasteiger partial charge is 0.315 e. The first-order valence-electron chi connectivity index (χ1n) is 8.31. The lowest BCUT2D eigenvalue weighted by atomic mass is 10.0. The molecule has 1 atom stereocenters. The van der Waals surface area contributed by atoms with Gasteiger partial charge in [0.25, 0.3) is 0 Å². The van der Waals surface area contributed by atoms with Crippen LogP contribution in [-0.4, -0.2) is 31.3 Å². The molecule has 2 amide bonds. The van der Waals surface area contributed by atoms with Crippen molar-refractivity contribution < 1.29 is 14.3 Å². The molecule has 0 aliphatic carbocycles. The molecule has 1 aliphatic rings. The van der Waals surface area contributed by atoms with Gasteiger partial charge in [-0.1, -0.05) is 24.3 Å². The summed E-state index contributed by atoms with van der Waals surface area (Å²) >= 11 is 0. The lowest BCUT2D eigenvalue weighted by Gasteiger charge is -2.16. The number of carbonyl (C=O) groups excluding carboxylic acids is 1. The van der Waals surface area contributed by atoms with Crippen LogP contribution in [0.4, 0.5) is 14.9 Å². The summed E-state index contributed by atoms with van der Waals surface area (Å²) in [7, 11) is 2.05. The Morgan fingerprint density at radius 3 is 2.76 bits per heavy atom. The number of likely N-dealkylation sites (N-methyl/N-ethyl adjacent to an activating group) is 1. The predicted molar refractivity (Wildman–Crippen MR) is 95.0 cm³/mol. The molecule has 2 aromatic carbocycles. The maximum Gasteiger partial charge on any atom is 0.315 e. The van der Waals surface area contributed by atoms with Crippen molar-refractivity contribution in [3.63, 3.8) is 0 Å². The first kappa shape index (κ1) is 17.2. The molecule has 1 heterocycles. The molecule has 1 unspecified atom stereocenters. The molecule has 2 aromatic rings. The second-order valence-corrected chi connectivity index (χ2v) is 6.27. The van der Waals surface area contributed by atoms with Gasteiger partial charge in [-0.15, -0.1) is 0 Å². The molecule has 3 rings (SSSR count). The molecule has 1 aliphatic heterocycles. The molecule has 6 heteroatoms. The van der Waals surface area contributed by atoms with Crippen LogP contribution in [-0.2, 0) is 13.0 Å². The van der Waals surface area contributed by atoms with Gasteiger partial charge in [0.2, 0.25) is 0 Å². The summed E-state index contributed by atoms with van der Waals surface area (Å²) in [6.07, 6.45) is 0.214. The first-order valence-corrected chi connectivity index (χ1v) is 8.31. The second kappa shape index (κ2) is 7.53. The number of amides is 2. The van der Waals surface area contributed by atoms with Gasteiger partial charge in [-0.3, -0.25) is 0 Å². The van der Waals surface area contributed by atoms with Gasteiger partial charge < -0.3 is 20.6 Å². The van der Waals surface area contributed by atoms with E-state index in [1.165, 1.54) is 23.4 Å². The van der Waals surface area contributed by atoms with Crippen molar-refractivity contribution in [2.45, 2.75) is 19.1 Å². The van der Waals surface area contributed by atoms with E-state index in [4.69, 9.17) is 0 Å². The zero-order chi connectivity index (χ0) is 17.8. The Kier molecular flexibility index (Phi) is 5.19. The Balaban J connectivity index is 1.47. The SMILES string of the molecule is CN1CCc2cc(C(O)CNC(=O)NCc3ccc(F)cc3)ccc21. The molecule has 3 N–H and O–H groups in total. The van der Waals surface area contributed by atoms with Gasteiger partial charge in [0, 0.05) is 32.4 Å². The number of hydrogen-bond acceptors (Lipinski definition) is 3. The van der Waals surface area contributed by atoms with Crippen LogP contribution < -0.4 is 15.5 Å². The molecule has 132 valence electrons. The van der Waals surface area contributed by atoms with Crippen molar-refractivity contribution in [1.29, 1.82) is 0 Å². The molecule has 0 aromatic heterocycles. The zero-order valence-corrected chi connectivity index (χ0v) is 14.1. The summed E-state index contributed by atoms with van der Waals surface area (Å²) in [5.41, 5.74) is 4.02. The highest BCUT2D eigenvalue weighted by Crippen LogP contribution is 2.29. The number of anilines is 1. The monoisotopic (exact) mass is 343 g/mol. The van der Waals surface area contributed by atoms with E-state index in [9.17, 15) is 14.3 Å². The number of hydrogen-bond donors (Lipinski definition) is 3. The first-order chi connectivity index (χ1) is 12.0. The summed E-state index contributed by atoms with van der Waals surface area (Å²) < 4.78 is 12.8. The van der Waals surface area contributed by atoms with E-state index in [0.717, 1.165) is 24.1 Å². The highest BCUT2D eigenvalue weighted by atomic mass is 19.1. The van der Waals surface area contributed by atoms with Crippen molar-refractivity contribution in [3.05, 3.63) is 65.0 Å². The van der Waals surface area contributed by atoms with Gasteiger partial charge in [0.05, 0.1) is 6.10 Å². The molecular weight excluding hydrogens is 321 g/mol. The van der Waals surface area contributed by atoms with Crippen LogP contribution >= 0.6 is 0 Å². The van der Waals surface area contributed by atoms with E-state index in [1.54, 1.807) is 12.1 Å². The normalized spacial score (nSPS) is 14.1. The molecule has 0 fully saturated rings. The molecule has 0 saturated carbocycles. The van der Waals surface area contributed by atoms with Gasteiger partial charge in [0.1, 0.15) is 5.82 Å². The van der Waals surface area contributed by atoms with E-state index in [-0.39, 0.29) is 18.4 Å². The maximum atomic E-state index is 12.8. The maximum absolute atomic E-state index is 12.8. The van der Waals surface area contributed by atoms with Crippen LogP contribution in [0.15, 0.2) is 42.5 Å². The summed E-state index contributed by atoms with van der Waals surface area (Å²) in [6, 6.07) is 11.5. The standard InChI is InChI=1S/C19H22FN3O2/c1-23-9-8-14-10-15(4-7-17(14)23)18(24)12-22-19(25)21-11-13-2-5-16(20)6-3-13/h2-7,10,18,24H,8-9,11-12H2,1H3,(H2,21,22,25). The van der Waals surface area contributed by atoms with Gasteiger partial charge in [0.15, 0.2) is 0 Å². The molecule has 0 saturated heterocycles. The lowest BCUT2D eigenvalue weighted by molar-refractivity contribution is 0.173. The average molecular weight is 343 g/mol. The fraction of sp³-hybridized carbons (Fsp3) is 0.316. The highest BCUT2D eigenvalue weighted by Gasteiger charge is 2.18. The highest BCUT2D eigenvalue weighted by molar-refractivity contribution is 5.73. The lowest BCUT2D eigenvalue weighted by Crippen LogP contribution is -2.37. The number of halogens is 1. The number of aliphatic hydroxyl groups is 1. The van der Waals surface area contributed by atoms with Crippen molar-refractivity contribution in [2.24, 2.45) is 0 Å². The van der Waals surface area contributed by atoms with Crippen molar-refractivity contribution >= 4 is 11.7 Å². The van der Waals surface area contributed by atoms with Crippen LogP contribution in [0.5, 0.6) is 0 Å². The number of aliphatic hydroxyl groups excluding tert-OH is 1. The Labute approximate surface area is 146 Å². The number of nitrogens with zero attached hydrogens (tertiary/aromatic N) is 1. The number of nitrogens with one attached hydrogen (secondary N) is 2. The average Bonchev–Trinajstić information content (AvgIpc) is 2.99. The van der Waals surface area contributed by atoms with E-state index in [0.29, 0.717) is 6.54 Å². The summed E-state index contributed by atoms with van der Waals surface area (Å²) in [5.74, 6) is -0.308. The molecule has 0 spiro atoms. The fourth-order valence-corrected chi connectivity index (χ4v) is 2.95. The number of fused-ring (bicyclic) bond motifs is 1. The van der Waals surface area contributed by atoms with Gasteiger partial charge in [-0.05, 0) is 41.3 Å². The Hall–Kier alpha value is -2.60. The zero-order valence-electron chi connectivity index (χ0n) is 14.1. The number of urea groups is 1. The van der Waals surface area contributed by atoms with Gasteiger partial charge in [-0.25, -0.2) is 9.18 Å². The minimum Gasteiger partial charge on any atom is -0.387 e. The summed E-state index contributed by atoms with van der Waals surface area (Å²) in [5, 5.41) is 15.6. The second-order valence-electron chi connectivity index (χ2n) is 6.27. The predicted octanol–water partition coefficient (Wildman–Crippen LogP) is 2.35. The molecular formula is C19H22FN3O2. The Morgan fingerprint density at radius 2 is 2.00 bits per heavy atom. The quantitative estimate of drug-likeness (QED) is 0.781. The topological polar surface area (TPSA) is 64.6 Å². The fourth-order valence-electron chi connectivity index (χ4n) is 2.95. The van der Waals surface area contributed by atoms with Crippen molar-refractivity contribution in [2.75, 3.05) is 25.0 Å². The van der Waals surface area contributed by atoms with Crippen molar-refractivity contribution in [1.82, 2.24) is 10.6 Å². The summed E-state index contributed by atoms with van der Waals surface area (Å²) in [4.78, 5) is 14.0. The third kappa shape index (κ3) is 4.28.